The minimum Gasteiger partial charge on any atom is -0.365 e. The molecule has 0 spiro atoms. The highest BCUT2D eigenvalue weighted by Gasteiger charge is 2.29. The van der Waals surface area contributed by atoms with Crippen LogP contribution in [0.25, 0.3) is 0 Å². The molecule has 1 aliphatic heterocycles. The van der Waals surface area contributed by atoms with Crippen molar-refractivity contribution in [1.29, 1.82) is 0 Å². The van der Waals surface area contributed by atoms with E-state index in [-0.39, 0.29) is 42.2 Å². The van der Waals surface area contributed by atoms with Gasteiger partial charge in [-0.2, -0.15) is 0 Å². The van der Waals surface area contributed by atoms with Crippen molar-refractivity contribution in [2.24, 2.45) is 0 Å². The third-order valence-electron chi connectivity index (χ3n) is 6.03. The number of carbonyl (C=O) groups is 1. The van der Waals surface area contributed by atoms with Gasteiger partial charge in [-0.25, -0.2) is 4.39 Å². The third kappa shape index (κ3) is 8.47. The highest BCUT2D eigenvalue weighted by Crippen LogP contribution is 2.33. The zero-order valence-corrected chi connectivity index (χ0v) is 25.6. The van der Waals surface area contributed by atoms with Gasteiger partial charge in [0.25, 0.3) is 0 Å². The van der Waals surface area contributed by atoms with Crippen LogP contribution in [0.3, 0.4) is 0 Å². The van der Waals surface area contributed by atoms with Crippen LogP contribution in [0.1, 0.15) is 40.4 Å². The van der Waals surface area contributed by atoms with Crippen molar-refractivity contribution in [1.82, 2.24) is 9.80 Å². The lowest BCUT2D eigenvalue weighted by molar-refractivity contribution is 0.00682. The molecular formula is C28H26Cl4FIN2O2. The van der Waals surface area contributed by atoms with E-state index in [1.807, 2.05) is 35.5 Å². The van der Waals surface area contributed by atoms with Crippen LogP contribution in [0.5, 0.6) is 0 Å². The minimum absolute atomic E-state index is 0. The Kier molecular flexibility index (Phi) is 12.0. The van der Waals surface area contributed by atoms with Crippen molar-refractivity contribution < 1.29 is 13.9 Å². The molecule has 0 bridgehead atoms. The highest BCUT2D eigenvalue weighted by atomic mass is 127. The van der Waals surface area contributed by atoms with Crippen molar-refractivity contribution in [3.05, 3.63) is 117 Å². The smallest absolute Gasteiger partial charge is 0.162 e. The minimum atomic E-state index is -0.519. The van der Waals surface area contributed by atoms with Crippen molar-refractivity contribution in [2.45, 2.75) is 31.1 Å². The molecule has 0 fully saturated rings. The average Bonchev–Trinajstić information content (AvgIpc) is 3.35. The summed E-state index contributed by atoms with van der Waals surface area (Å²) in [5.41, 5.74) is 1.68. The van der Waals surface area contributed by atoms with Crippen molar-refractivity contribution >= 4 is 76.2 Å². The van der Waals surface area contributed by atoms with Gasteiger partial charge in [0.05, 0.1) is 13.3 Å². The first-order valence-electron chi connectivity index (χ1n) is 11.7. The molecule has 202 valence electrons. The van der Waals surface area contributed by atoms with Crippen LogP contribution in [-0.4, -0.2) is 34.3 Å². The number of nitrogens with zero attached hydrogens (tertiary/aromatic N) is 2. The van der Waals surface area contributed by atoms with Gasteiger partial charge in [-0.15, -0.1) is 24.0 Å². The number of ether oxygens (including phenoxy) is 1. The fraction of sp³-hybridized carbons (Fsp3) is 0.250. The molecule has 3 aromatic rings. The molecule has 38 heavy (non-hydrogen) atoms. The molecule has 2 atom stereocenters. The number of Topliss-reactive ketones (excluding diaryl/α,β-unsaturated/α-hetero) is 1. The van der Waals surface area contributed by atoms with Gasteiger partial charge in [0.15, 0.2) is 5.78 Å². The predicted octanol–water partition coefficient (Wildman–Crippen LogP) is 8.94. The average molecular weight is 710 g/mol. The van der Waals surface area contributed by atoms with E-state index in [2.05, 4.69) is 4.90 Å². The van der Waals surface area contributed by atoms with E-state index in [4.69, 9.17) is 51.1 Å². The summed E-state index contributed by atoms with van der Waals surface area (Å²) in [5.74, 6) is -0.362. The van der Waals surface area contributed by atoms with E-state index in [0.717, 1.165) is 11.1 Å². The number of carbonyl (C=O) groups excluding carboxylic acids is 1. The maximum atomic E-state index is 13.1. The van der Waals surface area contributed by atoms with Crippen LogP contribution in [0.2, 0.25) is 15.1 Å². The SMILES string of the molecule is I.O=C(CCCN1C=CN(C(Cl)C(OCc2ccc(Cl)cc2Cl)c2ccc(Cl)cc2)C1)c1ccc(F)cc1. The van der Waals surface area contributed by atoms with E-state index in [0.29, 0.717) is 46.7 Å². The summed E-state index contributed by atoms with van der Waals surface area (Å²) in [6.07, 6.45) is 4.43. The molecule has 4 rings (SSSR count). The molecule has 0 N–H and O–H groups in total. The summed E-state index contributed by atoms with van der Waals surface area (Å²) < 4.78 is 19.4. The number of ketones is 1. The summed E-state index contributed by atoms with van der Waals surface area (Å²) in [5, 5.41) is 1.70. The van der Waals surface area contributed by atoms with Gasteiger partial charge >= 0.3 is 0 Å². The van der Waals surface area contributed by atoms with Crippen LogP contribution < -0.4 is 0 Å². The molecule has 3 aromatic carbocycles. The number of halogens is 6. The van der Waals surface area contributed by atoms with Gasteiger partial charge in [-0.3, -0.25) is 4.79 Å². The second-order valence-corrected chi connectivity index (χ2v) is 10.4. The Morgan fingerprint density at radius 3 is 2.32 bits per heavy atom. The lowest BCUT2D eigenvalue weighted by atomic mass is 10.1. The number of hydrogen-bond donors (Lipinski definition) is 0. The fourth-order valence-electron chi connectivity index (χ4n) is 3.99. The molecule has 10 heteroatoms. The predicted molar refractivity (Wildman–Crippen MR) is 163 cm³/mol. The Balaban J connectivity index is 0.00000400. The van der Waals surface area contributed by atoms with E-state index in [9.17, 15) is 9.18 Å². The van der Waals surface area contributed by atoms with Crippen molar-refractivity contribution in [3.63, 3.8) is 0 Å². The Morgan fingerprint density at radius 2 is 1.63 bits per heavy atom. The zero-order valence-electron chi connectivity index (χ0n) is 20.2. The molecule has 0 saturated carbocycles. The topological polar surface area (TPSA) is 32.8 Å². The summed E-state index contributed by atoms with van der Waals surface area (Å²) in [6, 6.07) is 18.3. The Labute approximate surface area is 259 Å². The lowest BCUT2D eigenvalue weighted by Gasteiger charge is -2.31. The Hall–Kier alpha value is -1.55. The fourth-order valence-corrected chi connectivity index (χ4v) is 4.93. The van der Waals surface area contributed by atoms with E-state index >= 15 is 0 Å². The van der Waals surface area contributed by atoms with Crippen LogP contribution in [0.4, 0.5) is 4.39 Å². The van der Waals surface area contributed by atoms with Crippen molar-refractivity contribution in [3.8, 4) is 0 Å². The summed E-state index contributed by atoms with van der Waals surface area (Å²) in [6.45, 7) is 1.48. The third-order valence-corrected chi connectivity index (χ3v) is 7.35. The van der Waals surface area contributed by atoms with Crippen molar-refractivity contribution in [2.75, 3.05) is 13.2 Å². The quantitative estimate of drug-likeness (QED) is 0.0862. The molecule has 4 nitrogen and oxygen atoms in total. The summed E-state index contributed by atoms with van der Waals surface area (Å²) in [7, 11) is 0. The van der Waals surface area contributed by atoms with Crippen LogP contribution in [0, 0.1) is 5.82 Å². The highest BCUT2D eigenvalue weighted by molar-refractivity contribution is 14.0. The van der Waals surface area contributed by atoms with E-state index < -0.39 is 11.6 Å². The van der Waals surface area contributed by atoms with Crippen LogP contribution in [0.15, 0.2) is 79.1 Å². The van der Waals surface area contributed by atoms with Gasteiger partial charge < -0.3 is 14.5 Å². The van der Waals surface area contributed by atoms with E-state index in [1.54, 1.807) is 24.3 Å². The first-order chi connectivity index (χ1) is 17.8. The van der Waals surface area contributed by atoms with Gasteiger partial charge in [0.1, 0.15) is 17.4 Å². The monoisotopic (exact) mass is 708 g/mol. The molecular weight excluding hydrogens is 684 g/mol. The largest absolute Gasteiger partial charge is 0.365 e. The second-order valence-electron chi connectivity index (χ2n) is 8.69. The van der Waals surface area contributed by atoms with Crippen LogP contribution >= 0.6 is 70.4 Å². The van der Waals surface area contributed by atoms with Crippen LogP contribution in [-0.2, 0) is 11.3 Å². The normalized spacial score (nSPS) is 14.3. The maximum absolute atomic E-state index is 13.1. The van der Waals surface area contributed by atoms with Gasteiger partial charge in [-0.1, -0.05) is 64.6 Å². The first-order valence-corrected chi connectivity index (χ1v) is 13.3. The molecule has 1 heterocycles. The maximum Gasteiger partial charge on any atom is 0.162 e. The molecule has 2 unspecified atom stereocenters. The number of hydrogen-bond acceptors (Lipinski definition) is 4. The molecule has 0 saturated heterocycles. The zero-order chi connectivity index (χ0) is 26.4. The van der Waals surface area contributed by atoms with Gasteiger partial charge in [-0.05, 0) is 66.1 Å². The molecule has 1 aliphatic rings. The Morgan fingerprint density at radius 1 is 0.947 bits per heavy atom. The molecule has 0 amide bonds. The Bertz CT molecular complexity index is 1240. The number of alkyl halides is 1. The molecule has 0 aromatic heterocycles. The lowest BCUT2D eigenvalue weighted by Crippen LogP contribution is -2.36. The van der Waals surface area contributed by atoms with Gasteiger partial charge in [0, 0.05) is 46.0 Å². The van der Waals surface area contributed by atoms with Gasteiger partial charge in [0.2, 0.25) is 0 Å². The number of rotatable bonds is 11. The molecule has 0 radical (unpaired) electrons. The van der Waals surface area contributed by atoms with E-state index in [1.165, 1.54) is 24.3 Å². The summed E-state index contributed by atoms with van der Waals surface area (Å²) in [4.78, 5) is 16.4. The summed E-state index contributed by atoms with van der Waals surface area (Å²) >= 11 is 25.4. The second kappa shape index (κ2) is 14.7. The number of benzene rings is 3. The standard InChI is InChI=1S/C28H25Cl4FN2O2.HI/c29-22-8-3-20(4-9-22)27(37-17-21-5-10-23(30)16-25(21)31)28(32)35-15-14-34(18-35)13-1-2-26(36)19-6-11-24(33)12-7-19;/h3-12,14-16,27-28H,1-2,13,17-18H2;1H. The molecule has 0 aliphatic carbocycles. The first kappa shape index (κ1) is 31.0.